The van der Waals surface area contributed by atoms with E-state index in [-0.39, 0.29) is 17.9 Å². The van der Waals surface area contributed by atoms with E-state index in [4.69, 9.17) is 15.2 Å². The molecule has 0 radical (unpaired) electrons. The maximum Gasteiger partial charge on any atom is 0.318 e. The SMILES string of the molecule is Nc1nc(OC2CCN(c3ncnc4c3C=Cc3ccccc3O4)CC2)ncc1F. The van der Waals surface area contributed by atoms with E-state index in [1.165, 1.54) is 6.33 Å². The Hall–Kier alpha value is -3.75. The van der Waals surface area contributed by atoms with Crippen LogP contribution in [0.25, 0.3) is 12.2 Å². The topological polar surface area (TPSA) is 99.3 Å². The van der Waals surface area contributed by atoms with Gasteiger partial charge in [0.25, 0.3) is 0 Å². The van der Waals surface area contributed by atoms with Gasteiger partial charge in [0.15, 0.2) is 11.6 Å². The minimum atomic E-state index is -0.654. The summed E-state index contributed by atoms with van der Waals surface area (Å²) in [6.07, 6.45) is 7.95. The highest BCUT2D eigenvalue weighted by Crippen LogP contribution is 2.36. The van der Waals surface area contributed by atoms with E-state index in [9.17, 15) is 4.39 Å². The van der Waals surface area contributed by atoms with Gasteiger partial charge in [0.05, 0.1) is 11.8 Å². The Morgan fingerprint density at radius 2 is 1.93 bits per heavy atom. The third kappa shape index (κ3) is 3.49. The van der Waals surface area contributed by atoms with Crippen molar-refractivity contribution < 1.29 is 13.9 Å². The van der Waals surface area contributed by atoms with Crippen molar-refractivity contribution in [1.82, 2.24) is 19.9 Å². The van der Waals surface area contributed by atoms with Crippen LogP contribution in [-0.2, 0) is 0 Å². The summed E-state index contributed by atoms with van der Waals surface area (Å²) in [5, 5.41) is 0. The van der Waals surface area contributed by atoms with E-state index >= 15 is 0 Å². The summed E-state index contributed by atoms with van der Waals surface area (Å²) < 4.78 is 25.0. The van der Waals surface area contributed by atoms with Crippen molar-refractivity contribution >= 4 is 23.8 Å². The number of piperidine rings is 1. The fraction of sp³-hybridized carbons (Fsp3) is 0.238. The Kier molecular flexibility index (Phi) is 4.62. The molecular weight excluding hydrogens is 387 g/mol. The zero-order valence-corrected chi connectivity index (χ0v) is 16.0. The third-order valence-corrected chi connectivity index (χ3v) is 5.14. The van der Waals surface area contributed by atoms with E-state index in [2.05, 4.69) is 24.8 Å². The van der Waals surface area contributed by atoms with Crippen molar-refractivity contribution in [3.8, 4) is 17.6 Å². The zero-order valence-electron chi connectivity index (χ0n) is 16.0. The van der Waals surface area contributed by atoms with E-state index in [0.29, 0.717) is 5.88 Å². The largest absolute Gasteiger partial charge is 0.460 e. The molecule has 1 saturated heterocycles. The first-order valence-corrected chi connectivity index (χ1v) is 9.67. The van der Waals surface area contributed by atoms with Crippen molar-refractivity contribution in [3.05, 3.63) is 53.7 Å². The number of benzene rings is 1. The Morgan fingerprint density at radius 3 is 2.77 bits per heavy atom. The van der Waals surface area contributed by atoms with Crippen molar-refractivity contribution in [3.63, 3.8) is 0 Å². The van der Waals surface area contributed by atoms with E-state index in [0.717, 1.165) is 54.8 Å². The third-order valence-electron chi connectivity index (χ3n) is 5.14. The number of fused-ring (bicyclic) bond motifs is 2. The lowest BCUT2D eigenvalue weighted by molar-refractivity contribution is 0.156. The van der Waals surface area contributed by atoms with Crippen molar-refractivity contribution in [2.24, 2.45) is 0 Å². The monoisotopic (exact) mass is 406 g/mol. The molecule has 1 aromatic carbocycles. The van der Waals surface area contributed by atoms with Gasteiger partial charge in [-0.05, 0) is 12.1 Å². The first-order chi connectivity index (χ1) is 14.7. The Balaban J connectivity index is 1.31. The van der Waals surface area contributed by atoms with Gasteiger partial charge in [-0.1, -0.05) is 24.3 Å². The van der Waals surface area contributed by atoms with Crippen LogP contribution in [0.5, 0.6) is 17.6 Å². The molecule has 2 aliphatic rings. The van der Waals surface area contributed by atoms with Gasteiger partial charge < -0.3 is 20.1 Å². The molecule has 4 heterocycles. The Bertz CT molecular complexity index is 1110. The van der Waals surface area contributed by atoms with Gasteiger partial charge in [0, 0.05) is 31.5 Å². The molecule has 3 aromatic rings. The molecule has 152 valence electrons. The fourth-order valence-electron chi connectivity index (χ4n) is 3.59. The van der Waals surface area contributed by atoms with E-state index in [1.54, 1.807) is 0 Å². The van der Waals surface area contributed by atoms with Gasteiger partial charge in [0.2, 0.25) is 5.88 Å². The van der Waals surface area contributed by atoms with Gasteiger partial charge >= 0.3 is 6.01 Å². The summed E-state index contributed by atoms with van der Waals surface area (Å²) in [5.41, 5.74) is 7.33. The summed E-state index contributed by atoms with van der Waals surface area (Å²) in [5.74, 6) is 1.26. The summed E-state index contributed by atoms with van der Waals surface area (Å²) in [6.45, 7) is 1.46. The zero-order chi connectivity index (χ0) is 20.5. The summed E-state index contributed by atoms with van der Waals surface area (Å²) in [6, 6.07) is 7.92. The summed E-state index contributed by atoms with van der Waals surface area (Å²) in [4.78, 5) is 18.7. The second-order valence-electron chi connectivity index (χ2n) is 7.08. The molecule has 2 N–H and O–H groups in total. The minimum absolute atomic E-state index is 0.0809. The van der Waals surface area contributed by atoms with Gasteiger partial charge in [-0.15, -0.1) is 0 Å². The molecule has 0 amide bonds. The molecule has 8 nitrogen and oxygen atoms in total. The number of para-hydroxylation sites is 1. The molecule has 1 fully saturated rings. The summed E-state index contributed by atoms with van der Waals surface area (Å²) >= 11 is 0. The van der Waals surface area contributed by atoms with Crippen LogP contribution in [-0.4, -0.2) is 39.1 Å². The van der Waals surface area contributed by atoms with Crippen molar-refractivity contribution in [1.29, 1.82) is 0 Å². The highest BCUT2D eigenvalue weighted by atomic mass is 19.1. The quantitative estimate of drug-likeness (QED) is 0.553. The minimum Gasteiger partial charge on any atom is -0.460 e. The number of ether oxygens (including phenoxy) is 2. The molecule has 0 spiro atoms. The number of halogens is 1. The van der Waals surface area contributed by atoms with Crippen LogP contribution in [0.4, 0.5) is 16.0 Å². The second kappa shape index (κ2) is 7.58. The van der Waals surface area contributed by atoms with Gasteiger partial charge in [-0.3, -0.25) is 0 Å². The molecule has 2 aromatic heterocycles. The molecule has 0 aliphatic carbocycles. The smallest absolute Gasteiger partial charge is 0.318 e. The molecule has 2 aliphatic heterocycles. The first kappa shape index (κ1) is 18.3. The number of rotatable bonds is 3. The van der Waals surface area contributed by atoms with Gasteiger partial charge in [-0.25, -0.2) is 19.3 Å². The van der Waals surface area contributed by atoms with Gasteiger partial charge in [0.1, 0.15) is 24.0 Å². The highest BCUT2D eigenvalue weighted by molar-refractivity contribution is 5.81. The van der Waals surface area contributed by atoms with Crippen LogP contribution in [0.15, 0.2) is 36.8 Å². The molecule has 5 rings (SSSR count). The normalized spacial score (nSPS) is 15.7. The van der Waals surface area contributed by atoms with Crippen LogP contribution < -0.4 is 20.1 Å². The average Bonchev–Trinajstić information content (AvgIpc) is 2.96. The molecule has 0 unspecified atom stereocenters. The lowest BCUT2D eigenvalue weighted by Crippen LogP contribution is -2.39. The fourth-order valence-corrected chi connectivity index (χ4v) is 3.59. The van der Waals surface area contributed by atoms with Gasteiger partial charge in [-0.2, -0.15) is 4.98 Å². The number of aromatic nitrogens is 4. The maximum absolute atomic E-state index is 13.2. The van der Waals surface area contributed by atoms with Crippen LogP contribution in [0.3, 0.4) is 0 Å². The van der Waals surface area contributed by atoms with Crippen molar-refractivity contribution in [2.45, 2.75) is 18.9 Å². The number of nitrogens with two attached hydrogens (primary N) is 1. The van der Waals surface area contributed by atoms with E-state index in [1.807, 2.05) is 36.4 Å². The molecule has 0 bridgehead atoms. The molecule has 30 heavy (non-hydrogen) atoms. The summed E-state index contributed by atoms with van der Waals surface area (Å²) in [7, 11) is 0. The molecule has 0 saturated carbocycles. The number of hydrogen-bond acceptors (Lipinski definition) is 8. The second-order valence-corrected chi connectivity index (χ2v) is 7.08. The lowest BCUT2D eigenvalue weighted by Gasteiger charge is -2.33. The Morgan fingerprint density at radius 1 is 1.10 bits per heavy atom. The average molecular weight is 406 g/mol. The highest BCUT2D eigenvalue weighted by Gasteiger charge is 2.26. The number of nitrogens with zero attached hydrogens (tertiary/aromatic N) is 5. The Labute approximate surface area is 172 Å². The molecule has 0 atom stereocenters. The number of anilines is 2. The number of hydrogen-bond donors (Lipinski definition) is 1. The van der Waals surface area contributed by atoms with Crippen LogP contribution in [0, 0.1) is 5.82 Å². The lowest BCUT2D eigenvalue weighted by atomic mass is 10.1. The van der Waals surface area contributed by atoms with Crippen LogP contribution in [0.2, 0.25) is 0 Å². The maximum atomic E-state index is 13.2. The molecule has 9 heteroatoms. The van der Waals surface area contributed by atoms with Crippen LogP contribution >= 0.6 is 0 Å². The predicted molar refractivity (Wildman–Crippen MR) is 110 cm³/mol. The number of nitrogen functional groups attached to an aromatic ring is 1. The predicted octanol–water partition coefficient (Wildman–Crippen LogP) is 3.31. The van der Waals surface area contributed by atoms with Crippen molar-refractivity contribution in [2.75, 3.05) is 23.7 Å². The standard InChI is InChI=1S/C21H19FN6O2/c22-16-11-24-21(27-18(16)23)29-14-7-9-28(10-8-14)19-15-6-5-13-3-1-2-4-17(13)30-20(15)26-12-25-19/h1-6,11-12,14H,7-10H2,(H2,23,24,27). The van der Waals surface area contributed by atoms with Crippen LogP contribution in [0.1, 0.15) is 24.0 Å². The first-order valence-electron chi connectivity index (χ1n) is 9.67. The van der Waals surface area contributed by atoms with E-state index < -0.39 is 5.82 Å². The molecular formula is C21H19FN6O2.